The van der Waals surface area contributed by atoms with Crippen LogP contribution in [0.5, 0.6) is 0 Å². The SMILES string of the molecule is CC1CCC(C(C)C)C(NC2CCCC(C(=O)O)C2)C1. The molecule has 2 saturated carbocycles. The standard InChI is InChI=1S/C17H31NO2/c1-11(2)15-8-7-12(3)9-16(15)18-14-6-4-5-13(10-14)17(19)20/h11-16,18H,4-10H2,1-3H3,(H,19,20). The first-order valence-electron chi connectivity index (χ1n) is 8.46. The normalized spacial score (nSPS) is 38.9. The third kappa shape index (κ3) is 3.97. The van der Waals surface area contributed by atoms with E-state index in [1.165, 1.54) is 19.3 Å². The second-order valence-corrected chi connectivity index (χ2v) is 7.50. The van der Waals surface area contributed by atoms with Crippen molar-refractivity contribution in [1.29, 1.82) is 0 Å². The third-order valence-corrected chi connectivity index (χ3v) is 5.50. The van der Waals surface area contributed by atoms with E-state index in [2.05, 4.69) is 26.1 Å². The molecule has 2 aliphatic rings. The molecular formula is C17H31NO2. The highest BCUT2D eigenvalue weighted by Gasteiger charge is 2.34. The van der Waals surface area contributed by atoms with Crippen LogP contribution in [0.2, 0.25) is 0 Å². The molecule has 3 heteroatoms. The fourth-order valence-corrected chi connectivity index (χ4v) is 4.26. The Bertz CT molecular complexity index is 329. The van der Waals surface area contributed by atoms with Crippen molar-refractivity contribution in [2.24, 2.45) is 23.7 Å². The molecule has 0 amide bonds. The number of nitrogens with one attached hydrogen (secondary N) is 1. The first-order chi connectivity index (χ1) is 9.47. The van der Waals surface area contributed by atoms with Gasteiger partial charge in [0, 0.05) is 12.1 Å². The first-order valence-corrected chi connectivity index (χ1v) is 8.46. The lowest BCUT2D eigenvalue weighted by atomic mass is 9.73. The lowest BCUT2D eigenvalue weighted by molar-refractivity contribution is -0.143. The van der Waals surface area contributed by atoms with Crippen LogP contribution in [0, 0.1) is 23.7 Å². The van der Waals surface area contributed by atoms with E-state index in [4.69, 9.17) is 0 Å². The molecule has 0 aromatic rings. The maximum atomic E-state index is 11.2. The number of aliphatic carboxylic acids is 1. The highest BCUT2D eigenvalue weighted by molar-refractivity contribution is 5.70. The molecular weight excluding hydrogens is 250 g/mol. The summed E-state index contributed by atoms with van der Waals surface area (Å²) in [6.45, 7) is 7.01. The van der Waals surface area contributed by atoms with Gasteiger partial charge in [-0.1, -0.05) is 33.6 Å². The number of hydrogen-bond acceptors (Lipinski definition) is 2. The van der Waals surface area contributed by atoms with Crippen molar-refractivity contribution in [3.8, 4) is 0 Å². The van der Waals surface area contributed by atoms with Crippen LogP contribution in [0.4, 0.5) is 0 Å². The van der Waals surface area contributed by atoms with Gasteiger partial charge in [0.1, 0.15) is 0 Å². The van der Waals surface area contributed by atoms with Gasteiger partial charge in [0.2, 0.25) is 0 Å². The molecule has 0 spiro atoms. The van der Waals surface area contributed by atoms with Crippen LogP contribution in [-0.4, -0.2) is 23.2 Å². The first kappa shape index (κ1) is 15.8. The summed E-state index contributed by atoms with van der Waals surface area (Å²) in [5.74, 6) is 1.56. The van der Waals surface area contributed by atoms with Gasteiger partial charge in [-0.3, -0.25) is 4.79 Å². The van der Waals surface area contributed by atoms with Gasteiger partial charge in [0.25, 0.3) is 0 Å². The average Bonchev–Trinajstić information content (AvgIpc) is 2.38. The summed E-state index contributed by atoms with van der Waals surface area (Å²) < 4.78 is 0. The molecule has 0 aliphatic heterocycles. The highest BCUT2D eigenvalue weighted by atomic mass is 16.4. The van der Waals surface area contributed by atoms with Crippen molar-refractivity contribution in [2.45, 2.75) is 77.8 Å². The van der Waals surface area contributed by atoms with E-state index in [9.17, 15) is 9.90 Å². The molecule has 3 nitrogen and oxygen atoms in total. The Balaban J connectivity index is 1.93. The number of carboxylic acid groups (broad SMARTS) is 1. The van der Waals surface area contributed by atoms with Crippen LogP contribution in [0.15, 0.2) is 0 Å². The smallest absolute Gasteiger partial charge is 0.306 e. The molecule has 0 bridgehead atoms. The van der Waals surface area contributed by atoms with Gasteiger partial charge in [-0.05, 0) is 49.9 Å². The highest BCUT2D eigenvalue weighted by Crippen LogP contribution is 2.35. The molecule has 5 unspecified atom stereocenters. The Hall–Kier alpha value is -0.570. The molecule has 2 rings (SSSR count). The van der Waals surface area contributed by atoms with E-state index in [1.807, 2.05) is 0 Å². The van der Waals surface area contributed by atoms with E-state index in [-0.39, 0.29) is 5.92 Å². The van der Waals surface area contributed by atoms with Gasteiger partial charge in [-0.15, -0.1) is 0 Å². The van der Waals surface area contributed by atoms with Crippen LogP contribution in [0.3, 0.4) is 0 Å². The van der Waals surface area contributed by atoms with Gasteiger partial charge in [0.05, 0.1) is 5.92 Å². The predicted octanol–water partition coefficient (Wildman–Crippen LogP) is 3.68. The number of hydrogen-bond donors (Lipinski definition) is 2. The van der Waals surface area contributed by atoms with Gasteiger partial charge in [-0.2, -0.15) is 0 Å². The molecule has 20 heavy (non-hydrogen) atoms. The second kappa shape index (κ2) is 6.93. The molecule has 2 aliphatic carbocycles. The van der Waals surface area contributed by atoms with E-state index < -0.39 is 5.97 Å². The van der Waals surface area contributed by atoms with Gasteiger partial charge >= 0.3 is 5.97 Å². The zero-order valence-corrected chi connectivity index (χ0v) is 13.3. The topological polar surface area (TPSA) is 49.3 Å². The van der Waals surface area contributed by atoms with E-state index >= 15 is 0 Å². The maximum Gasteiger partial charge on any atom is 0.306 e. The zero-order chi connectivity index (χ0) is 14.7. The molecule has 5 atom stereocenters. The zero-order valence-electron chi connectivity index (χ0n) is 13.3. The van der Waals surface area contributed by atoms with Crippen molar-refractivity contribution in [2.75, 3.05) is 0 Å². The summed E-state index contributed by atoms with van der Waals surface area (Å²) in [5.41, 5.74) is 0. The fraction of sp³-hybridized carbons (Fsp3) is 0.941. The van der Waals surface area contributed by atoms with Crippen LogP contribution >= 0.6 is 0 Å². The summed E-state index contributed by atoms with van der Waals surface area (Å²) in [4.78, 5) is 11.2. The molecule has 116 valence electrons. The third-order valence-electron chi connectivity index (χ3n) is 5.50. The van der Waals surface area contributed by atoms with Gasteiger partial charge in [0.15, 0.2) is 0 Å². The molecule has 2 fully saturated rings. The second-order valence-electron chi connectivity index (χ2n) is 7.50. The molecule has 0 heterocycles. The lowest BCUT2D eigenvalue weighted by Crippen LogP contribution is -2.49. The number of rotatable bonds is 4. The Morgan fingerprint density at radius 1 is 1.15 bits per heavy atom. The summed E-state index contributed by atoms with van der Waals surface area (Å²) in [6.07, 6.45) is 7.84. The van der Waals surface area contributed by atoms with Crippen molar-refractivity contribution in [1.82, 2.24) is 5.32 Å². The van der Waals surface area contributed by atoms with Crippen molar-refractivity contribution < 1.29 is 9.90 Å². The summed E-state index contributed by atoms with van der Waals surface area (Å²) in [5, 5.41) is 13.1. The molecule has 0 aromatic carbocycles. The minimum Gasteiger partial charge on any atom is -0.481 e. The van der Waals surface area contributed by atoms with E-state index in [1.54, 1.807) is 0 Å². The monoisotopic (exact) mass is 281 g/mol. The van der Waals surface area contributed by atoms with Crippen LogP contribution in [0.1, 0.15) is 65.7 Å². The molecule has 0 radical (unpaired) electrons. The van der Waals surface area contributed by atoms with Crippen molar-refractivity contribution in [3.63, 3.8) is 0 Å². The Morgan fingerprint density at radius 3 is 2.55 bits per heavy atom. The van der Waals surface area contributed by atoms with Gasteiger partial charge in [-0.25, -0.2) is 0 Å². The predicted molar refractivity (Wildman–Crippen MR) is 81.6 cm³/mol. The lowest BCUT2D eigenvalue weighted by Gasteiger charge is -2.41. The van der Waals surface area contributed by atoms with E-state index in [0.29, 0.717) is 12.1 Å². The van der Waals surface area contributed by atoms with Crippen molar-refractivity contribution >= 4 is 5.97 Å². The Labute approximate surface area is 123 Å². The van der Waals surface area contributed by atoms with Crippen molar-refractivity contribution in [3.05, 3.63) is 0 Å². The fourth-order valence-electron chi connectivity index (χ4n) is 4.26. The van der Waals surface area contributed by atoms with Crippen LogP contribution < -0.4 is 5.32 Å². The summed E-state index contributed by atoms with van der Waals surface area (Å²) in [6, 6.07) is 1.01. The van der Waals surface area contributed by atoms with Gasteiger partial charge < -0.3 is 10.4 Å². The van der Waals surface area contributed by atoms with E-state index in [0.717, 1.165) is 43.4 Å². The molecule has 0 aromatic heterocycles. The molecule has 0 saturated heterocycles. The summed E-state index contributed by atoms with van der Waals surface area (Å²) >= 11 is 0. The molecule has 2 N–H and O–H groups in total. The summed E-state index contributed by atoms with van der Waals surface area (Å²) in [7, 11) is 0. The minimum absolute atomic E-state index is 0.125. The minimum atomic E-state index is -0.603. The maximum absolute atomic E-state index is 11.2. The Kier molecular flexibility index (Phi) is 5.48. The number of carboxylic acids is 1. The Morgan fingerprint density at radius 2 is 1.90 bits per heavy atom. The number of carbonyl (C=O) groups is 1. The average molecular weight is 281 g/mol. The van der Waals surface area contributed by atoms with Crippen LogP contribution in [-0.2, 0) is 4.79 Å². The largest absolute Gasteiger partial charge is 0.481 e. The van der Waals surface area contributed by atoms with Crippen LogP contribution in [0.25, 0.3) is 0 Å². The quantitative estimate of drug-likeness (QED) is 0.826.